The fourth-order valence-corrected chi connectivity index (χ4v) is 1.17. The number of amides is 2. The second-order valence-corrected chi connectivity index (χ2v) is 4.38. The lowest BCUT2D eigenvalue weighted by Gasteiger charge is -2.17. The van der Waals surface area contributed by atoms with Crippen LogP contribution in [0.25, 0.3) is 0 Å². The van der Waals surface area contributed by atoms with Crippen molar-refractivity contribution in [2.75, 3.05) is 0 Å². The lowest BCUT2D eigenvalue weighted by Crippen LogP contribution is -2.42. The van der Waals surface area contributed by atoms with E-state index in [0.29, 0.717) is 12.5 Å². The summed E-state index contributed by atoms with van der Waals surface area (Å²) >= 11 is 0. The van der Waals surface area contributed by atoms with Gasteiger partial charge in [-0.2, -0.15) is 5.10 Å². The molecule has 0 aliphatic rings. The first kappa shape index (κ1) is 12.5. The van der Waals surface area contributed by atoms with Gasteiger partial charge >= 0.3 is 6.03 Å². The summed E-state index contributed by atoms with van der Waals surface area (Å²) in [7, 11) is 1.85. The van der Waals surface area contributed by atoms with Crippen molar-refractivity contribution in [2.24, 2.45) is 13.0 Å². The lowest BCUT2D eigenvalue weighted by molar-refractivity contribution is 0.234. The van der Waals surface area contributed by atoms with E-state index in [1.165, 1.54) is 0 Å². The van der Waals surface area contributed by atoms with E-state index in [1.807, 2.05) is 20.2 Å². The molecule has 0 saturated carbocycles. The molecule has 2 amide bonds. The van der Waals surface area contributed by atoms with Crippen LogP contribution in [0.3, 0.4) is 0 Å². The number of carbonyl (C=O) groups excluding carboxylic acids is 1. The van der Waals surface area contributed by atoms with Crippen molar-refractivity contribution in [1.29, 1.82) is 0 Å². The van der Waals surface area contributed by atoms with E-state index in [9.17, 15) is 4.79 Å². The molecule has 0 aliphatic heterocycles. The zero-order valence-electron chi connectivity index (χ0n) is 10.3. The largest absolute Gasteiger partial charge is 0.335 e. The minimum absolute atomic E-state index is 0.134. The summed E-state index contributed by atoms with van der Waals surface area (Å²) < 4.78 is 1.71. The van der Waals surface area contributed by atoms with Crippen molar-refractivity contribution < 1.29 is 4.79 Å². The number of carbonyl (C=O) groups is 1. The number of hydrogen-bond acceptors (Lipinski definition) is 2. The van der Waals surface area contributed by atoms with E-state index >= 15 is 0 Å². The molecule has 90 valence electrons. The summed E-state index contributed by atoms with van der Waals surface area (Å²) in [5.41, 5.74) is 0.995. The van der Waals surface area contributed by atoms with Crippen LogP contribution in [0.5, 0.6) is 0 Å². The van der Waals surface area contributed by atoms with Crippen LogP contribution >= 0.6 is 0 Å². The van der Waals surface area contributed by atoms with Crippen molar-refractivity contribution in [3.63, 3.8) is 0 Å². The zero-order valence-corrected chi connectivity index (χ0v) is 10.3. The molecule has 0 aromatic carbocycles. The highest BCUT2D eigenvalue weighted by Gasteiger charge is 2.10. The Balaban J connectivity index is 2.30. The second-order valence-electron chi connectivity index (χ2n) is 4.38. The molecule has 0 fully saturated rings. The van der Waals surface area contributed by atoms with Gasteiger partial charge in [-0.3, -0.25) is 4.68 Å². The van der Waals surface area contributed by atoms with Gasteiger partial charge in [-0.15, -0.1) is 0 Å². The number of nitrogens with zero attached hydrogens (tertiary/aromatic N) is 2. The van der Waals surface area contributed by atoms with Crippen LogP contribution in [-0.4, -0.2) is 21.9 Å². The monoisotopic (exact) mass is 224 g/mol. The Kier molecular flexibility index (Phi) is 4.34. The Bertz CT molecular complexity index is 346. The summed E-state index contributed by atoms with van der Waals surface area (Å²) in [5.74, 6) is 0.434. The zero-order chi connectivity index (χ0) is 12.1. The van der Waals surface area contributed by atoms with E-state index in [-0.39, 0.29) is 12.1 Å². The van der Waals surface area contributed by atoms with Crippen molar-refractivity contribution in [2.45, 2.75) is 33.4 Å². The molecule has 1 rings (SSSR count). The summed E-state index contributed by atoms with van der Waals surface area (Å²) in [4.78, 5) is 11.5. The normalized spacial score (nSPS) is 12.6. The van der Waals surface area contributed by atoms with Crippen molar-refractivity contribution in [1.82, 2.24) is 20.4 Å². The fourth-order valence-electron chi connectivity index (χ4n) is 1.17. The molecule has 1 atom stereocenters. The van der Waals surface area contributed by atoms with Crippen molar-refractivity contribution >= 4 is 6.03 Å². The van der Waals surface area contributed by atoms with Gasteiger partial charge in [-0.1, -0.05) is 13.8 Å². The molecule has 1 unspecified atom stereocenters. The number of rotatable bonds is 4. The Labute approximate surface area is 96.2 Å². The molecular weight excluding hydrogens is 204 g/mol. The second kappa shape index (κ2) is 5.53. The van der Waals surface area contributed by atoms with Gasteiger partial charge in [0.1, 0.15) is 0 Å². The predicted molar refractivity (Wildman–Crippen MR) is 62.9 cm³/mol. The number of urea groups is 1. The molecule has 5 heteroatoms. The third kappa shape index (κ3) is 3.92. The number of hydrogen-bond donors (Lipinski definition) is 2. The van der Waals surface area contributed by atoms with Crippen LogP contribution in [-0.2, 0) is 13.6 Å². The standard InChI is InChI=1S/C11H20N4O/c1-8(2)9(3)14-11(16)12-5-10-6-13-15(4)7-10/h6-9H,5H2,1-4H3,(H2,12,14,16). The molecule has 0 radical (unpaired) electrons. The third-order valence-corrected chi connectivity index (χ3v) is 2.57. The Morgan fingerprint density at radius 3 is 2.69 bits per heavy atom. The summed E-state index contributed by atoms with van der Waals surface area (Å²) in [6, 6.07) is 0.0407. The molecule has 0 spiro atoms. The Morgan fingerprint density at radius 2 is 2.19 bits per heavy atom. The highest BCUT2D eigenvalue weighted by atomic mass is 16.2. The van der Waals surface area contributed by atoms with Crippen LogP contribution in [0.15, 0.2) is 12.4 Å². The first-order valence-corrected chi connectivity index (χ1v) is 5.51. The molecule has 0 aliphatic carbocycles. The Hall–Kier alpha value is -1.52. The molecule has 2 N–H and O–H groups in total. The maximum absolute atomic E-state index is 11.5. The minimum Gasteiger partial charge on any atom is -0.335 e. The van der Waals surface area contributed by atoms with Gasteiger partial charge in [0.25, 0.3) is 0 Å². The average Bonchev–Trinajstić information content (AvgIpc) is 2.61. The molecule has 1 aromatic heterocycles. The molecule has 1 aromatic rings. The van der Waals surface area contributed by atoms with E-state index in [4.69, 9.17) is 0 Å². The highest BCUT2D eigenvalue weighted by Crippen LogP contribution is 1.99. The quantitative estimate of drug-likeness (QED) is 0.809. The summed E-state index contributed by atoms with van der Waals surface area (Å²) in [6.07, 6.45) is 3.62. The molecule has 1 heterocycles. The SMILES string of the molecule is CC(C)C(C)NC(=O)NCc1cnn(C)c1. The Morgan fingerprint density at radius 1 is 1.50 bits per heavy atom. The van der Waals surface area contributed by atoms with Gasteiger partial charge in [-0.05, 0) is 12.8 Å². The summed E-state index contributed by atoms with van der Waals surface area (Å²) in [6.45, 7) is 6.65. The maximum Gasteiger partial charge on any atom is 0.315 e. The predicted octanol–water partition coefficient (Wildman–Crippen LogP) is 1.26. The molecule has 0 bridgehead atoms. The topological polar surface area (TPSA) is 59.0 Å². The van der Waals surface area contributed by atoms with Crippen LogP contribution in [0.2, 0.25) is 0 Å². The van der Waals surface area contributed by atoms with Crippen LogP contribution in [0.1, 0.15) is 26.3 Å². The van der Waals surface area contributed by atoms with Crippen molar-refractivity contribution in [3.05, 3.63) is 18.0 Å². The van der Waals surface area contributed by atoms with Crippen LogP contribution in [0.4, 0.5) is 4.79 Å². The smallest absolute Gasteiger partial charge is 0.315 e. The van der Waals surface area contributed by atoms with Crippen molar-refractivity contribution in [3.8, 4) is 0 Å². The van der Waals surface area contributed by atoms with Gasteiger partial charge in [0.2, 0.25) is 0 Å². The van der Waals surface area contributed by atoms with E-state index in [1.54, 1.807) is 10.9 Å². The number of aryl methyl sites for hydroxylation is 1. The highest BCUT2D eigenvalue weighted by molar-refractivity contribution is 5.74. The minimum atomic E-state index is -0.134. The van der Waals surface area contributed by atoms with E-state index < -0.39 is 0 Å². The molecule has 16 heavy (non-hydrogen) atoms. The van der Waals surface area contributed by atoms with Gasteiger partial charge in [0.05, 0.1) is 6.20 Å². The molecule has 0 saturated heterocycles. The first-order valence-electron chi connectivity index (χ1n) is 5.51. The van der Waals surface area contributed by atoms with Crippen LogP contribution < -0.4 is 10.6 Å². The van der Waals surface area contributed by atoms with E-state index in [0.717, 1.165) is 5.56 Å². The van der Waals surface area contributed by atoms with E-state index in [2.05, 4.69) is 29.6 Å². The lowest BCUT2D eigenvalue weighted by atomic mass is 10.1. The third-order valence-electron chi connectivity index (χ3n) is 2.57. The van der Waals surface area contributed by atoms with Gasteiger partial charge in [0, 0.05) is 31.4 Å². The first-order chi connectivity index (χ1) is 7.49. The maximum atomic E-state index is 11.5. The van der Waals surface area contributed by atoms with Crippen LogP contribution in [0, 0.1) is 5.92 Å². The average molecular weight is 224 g/mol. The fraction of sp³-hybridized carbons (Fsp3) is 0.636. The van der Waals surface area contributed by atoms with Gasteiger partial charge < -0.3 is 10.6 Å². The summed E-state index contributed by atoms with van der Waals surface area (Å²) in [5, 5.41) is 9.70. The number of nitrogens with one attached hydrogen (secondary N) is 2. The van der Waals surface area contributed by atoms with Gasteiger partial charge in [-0.25, -0.2) is 4.79 Å². The molecular formula is C11H20N4O. The van der Waals surface area contributed by atoms with Gasteiger partial charge in [0.15, 0.2) is 0 Å². The number of aromatic nitrogens is 2. The molecule has 5 nitrogen and oxygen atoms in total.